The third kappa shape index (κ3) is 4.91. The van der Waals surface area contributed by atoms with Gasteiger partial charge in [0.05, 0.1) is 5.56 Å². The molecule has 2 aromatic rings. The van der Waals surface area contributed by atoms with Crippen LogP contribution in [0.5, 0.6) is 0 Å². The van der Waals surface area contributed by atoms with E-state index in [1.807, 2.05) is 6.92 Å². The van der Waals surface area contributed by atoms with Gasteiger partial charge in [-0.15, -0.1) is 6.58 Å². The molecule has 110 valence electrons. The lowest BCUT2D eigenvalue weighted by molar-refractivity contribution is -0.137. The van der Waals surface area contributed by atoms with Gasteiger partial charge < -0.3 is 0 Å². The number of hydrogen-bond acceptors (Lipinski definition) is 1. The van der Waals surface area contributed by atoms with Crippen molar-refractivity contribution in [3.8, 4) is 0 Å². The van der Waals surface area contributed by atoms with Crippen molar-refractivity contribution < 1.29 is 18.0 Å². The van der Waals surface area contributed by atoms with E-state index in [1.54, 1.807) is 36.4 Å². The molecule has 0 aliphatic heterocycles. The van der Waals surface area contributed by atoms with E-state index < -0.39 is 17.5 Å². The number of benzene rings is 2. The zero-order chi connectivity index (χ0) is 15.9. The van der Waals surface area contributed by atoms with E-state index in [-0.39, 0.29) is 5.56 Å². The number of rotatable bonds is 2. The van der Waals surface area contributed by atoms with Crippen molar-refractivity contribution >= 4 is 5.78 Å². The van der Waals surface area contributed by atoms with Gasteiger partial charge in [-0.3, -0.25) is 4.79 Å². The molecule has 0 aliphatic rings. The first-order chi connectivity index (χ1) is 9.90. The molecule has 0 bridgehead atoms. The van der Waals surface area contributed by atoms with Crippen molar-refractivity contribution in [3.63, 3.8) is 0 Å². The molecule has 0 saturated heterocycles. The maximum absolute atomic E-state index is 12.5. The fourth-order valence-electron chi connectivity index (χ4n) is 1.59. The van der Waals surface area contributed by atoms with Crippen molar-refractivity contribution in [3.05, 3.63) is 83.9 Å². The van der Waals surface area contributed by atoms with Crippen LogP contribution in [0.25, 0.3) is 0 Å². The maximum atomic E-state index is 12.5. The van der Waals surface area contributed by atoms with Gasteiger partial charge in [0.2, 0.25) is 0 Å². The van der Waals surface area contributed by atoms with Gasteiger partial charge in [0.1, 0.15) is 0 Å². The van der Waals surface area contributed by atoms with Crippen LogP contribution in [0.15, 0.2) is 67.3 Å². The Morgan fingerprint density at radius 3 is 2.05 bits per heavy atom. The number of carbonyl (C=O) groups excluding carboxylic acids is 1. The molecule has 0 unspecified atom stereocenters. The van der Waals surface area contributed by atoms with Gasteiger partial charge in [0, 0.05) is 11.1 Å². The van der Waals surface area contributed by atoms with E-state index in [4.69, 9.17) is 0 Å². The lowest BCUT2D eigenvalue weighted by atomic mass is 10.0. The van der Waals surface area contributed by atoms with Crippen LogP contribution in [0.2, 0.25) is 0 Å². The Morgan fingerprint density at radius 2 is 1.52 bits per heavy atom. The first-order valence-electron chi connectivity index (χ1n) is 6.24. The molecule has 2 rings (SSSR count). The molecule has 0 fully saturated rings. The van der Waals surface area contributed by atoms with E-state index in [2.05, 4.69) is 6.58 Å². The van der Waals surface area contributed by atoms with Crippen molar-refractivity contribution in [1.29, 1.82) is 0 Å². The maximum Gasteiger partial charge on any atom is 0.416 e. The third-order valence-corrected chi connectivity index (χ3v) is 2.49. The van der Waals surface area contributed by atoms with Gasteiger partial charge in [-0.1, -0.05) is 48.5 Å². The van der Waals surface area contributed by atoms with E-state index >= 15 is 0 Å². The summed E-state index contributed by atoms with van der Waals surface area (Å²) in [5, 5.41) is 0. The van der Waals surface area contributed by atoms with Gasteiger partial charge >= 0.3 is 6.18 Å². The Morgan fingerprint density at radius 1 is 1.00 bits per heavy atom. The van der Waals surface area contributed by atoms with Crippen molar-refractivity contribution in [1.82, 2.24) is 0 Å². The Labute approximate surface area is 121 Å². The predicted octanol–water partition coefficient (Wildman–Crippen LogP) is 5.13. The lowest BCUT2D eigenvalue weighted by Gasteiger charge is -2.08. The van der Waals surface area contributed by atoms with Crippen LogP contribution in [-0.4, -0.2) is 5.78 Å². The first kappa shape index (κ1) is 16.7. The van der Waals surface area contributed by atoms with Crippen LogP contribution in [0.4, 0.5) is 13.2 Å². The zero-order valence-electron chi connectivity index (χ0n) is 11.5. The molecule has 0 aromatic heterocycles. The molecule has 0 aliphatic carbocycles. The minimum Gasteiger partial charge on any atom is -0.289 e. The molecular formula is C17H15F3O. The smallest absolute Gasteiger partial charge is 0.289 e. The highest BCUT2D eigenvalue weighted by molar-refractivity contribution is 6.09. The highest BCUT2D eigenvalue weighted by Crippen LogP contribution is 2.29. The predicted molar refractivity (Wildman–Crippen MR) is 77.2 cm³/mol. The monoisotopic (exact) mass is 292 g/mol. The summed E-state index contributed by atoms with van der Waals surface area (Å²) in [5.74, 6) is -0.415. The number of allylic oxidation sites excluding steroid dienone is 1. The summed E-state index contributed by atoms with van der Waals surface area (Å²) < 4.78 is 37.6. The number of halogens is 3. The Hall–Kier alpha value is -2.36. The second kappa shape index (κ2) is 7.43. The number of hydrogen-bond donors (Lipinski definition) is 0. The Bertz CT molecular complexity index is 601. The fraction of sp³-hybridized carbons (Fsp3) is 0.118. The summed E-state index contributed by atoms with van der Waals surface area (Å²) in [6.07, 6.45) is -2.69. The SMILES string of the molecule is C=CC.O=C(c1ccccc1)c1cccc(C(F)(F)F)c1. The normalized spacial score (nSPS) is 10.3. The van der Waals surface area contributed by atoms with Crippen LogP contribution < -0.4 is 0 Å². The average Bonchev–Trinajstić information content (AvgIpc) is 2.47. The standard InChI is InChI=1S/C14H9F3O.C3H6/c15-14(16,17)12-8-4-7-11(9-12)13(18)10-5-2-1-3-6-10;1-3-2/h1-9H;3H,1H2,2H3. The number of alkyl halides is 3. The molecule has 0 spiro atoms. The fourth-order valence-corrected chi connectivity index (χ4v) is 1.59. The average molecular weight is 292 g/mol. The second-order valence-corrected chi connectivity index (χ2v) is 4.18. The molecule has 0 atom stereocenters. The van der Waals surface area contributed by atoms with Crippen molar-refractivity contribution in [2.24, 2.45) is 0 Å². The summed E-state index contributed by atoms with van der Waals surface area (Å²) in [5.41, 5.74) is -0.405. The van der Waals surface area contributed by atoms with Crippen molar-refractivity contribution in [2.45, 2.75) is 13.1 Å². The van der Waals surface area contributed by atoms with Crippen LogP contribution >= 0.6 is 0 Å². The number of ketones is 1. The molecule has 0 radical (unpaired) electrons. The van der Waals surface area contributed by atoms with E-state index in [1.165, 1.54) is 12.1 Å². The van der Waals surface area contributed by atoms with E-state index in [0.29, 0.717) is 5.56 Å². The topological polar surface area (TPSA) is 17.1 Å². The highest BCUT2D eigenvalue weighted by Gasteiger charge is 2.30. The summed E-state index contributed by atoms with van der Waals surface area (Å²) >= 11 is 0. The summed E-state index contributed by atoms with van der Waals surface area (Å²) in [7, 11) is 0. The number of carbonyl (C=O) groups is 1. The molecule has 0 saturated carbocycles. The molecule has 2 aromatic carbocycles. The lowest BCUT2D eigenvalue weighted by Crippen LogP contribution is -2.08. The van der Waals surface area contributed by atoms with E-state index in [0.717, 1.165) is 12.1 Å². The van der Waals surface area contributed by atoms with Gasteiger partial charge in [-0.05, 0) is 19.1 Å². The Balaban J connectivity index is 0.000000677. The zero-order valence-corrected chi connectivity index (χ0v) is 11.5. The van der Waals surface area contributed by atoms with Gasteiger partial charge in [-0.2, -0.15) is 13.2 Å². The molecule has 0 N–H and O–H groups in total. The summed E-state index contributed by atoms with van der Waals surface area (Å²) in [6.45, 7) is 5.25. The molecule has 0 amide bonds. The summed E-state index contributed by atoms with van der Waals surface area (Å²) in [4.78, 5) is 12.0. The third-order valence-electron chi connectivity index (χ3n) is 2.49. The molecule has 0 heterocycles. The Kier molecular flexibility index (Phi) is 5.91. The van der Waals surface area contributed by atoms with Crippen LogP contribution in [0.1, 0.15) is 28.4 Å². The molecular weight excluding hydrogens is 277 g/mol. The quantitative estimate of drug-likeness (QED) is 0.554. The van der Waals surface area contributed by atoms with Gasteiger partial charge in [0.25, 0.3) is 0 Å². The first-order valence-corrected chi connectivity index (χ1v) is 6.24. The molecule has 4 heteroatoms. The van der Waals surface area contributed by atoms with Crippen LogP contribution in [-0.2, 0) is 6.18 Å². The minimum absolute atomic E-state index is 0.0380. The van der Waals surface area contributed by atoms with Crippen LogP contribution in [0, 0.1) is 0 Å². The second-order valence-electron chi connectivity index (χ2n) is 4.18. The minimum atomic E-state index is -4.44. The molecule has 1 nitrogen and oxygen atoms in total. The highest BCUT2D eigenvalue weighted by atomic mass is 19.4. The van der Waals surface area contributed by atoms with Crippen LogP contribution in [0.3, 0.4) is 0 Å². The van der Waals surface area contributed by atoms with E-state index in [9.17, 15) is 18.0 Å². The van der Waals surface area contributed by atoms with Gasteiger partial charge in [-0.25, -0.2) is 0 Å². The molecule has 21 heavy (non-hydrogen) atoms. The largest absolute Gasteiger partial charge is 0.416 e. The summed E-state index contributed by atoms with van der Waals surface area (Å²) in [6, 6.07) is 12.6. The van der Waals surface area contributed by atoms with Crippen molar-refractivity contribution in [2.75, 3.05) is 0 Å². The van der Waals surface area contributed by atoms with Gasteiger partial charge in [0.15, 0.2) is 5.78 Å².